The van der Waals surface area contributed by atoms with Crippen LogP contribution in [0.25, 0.3) is 32.8 Å². The van der Waals surface area contributed by atoms with Gasteiger partial charge in [-0.05, 0) is 34.9 Å². The molecule has 1 heterocycles. The first-order valence-electron chi connectivity index (χ1n) is 8.89. The van der Waals surface area contributed by atoms with Gasteiger partial charge in [-0.1, -0.05) is 24.3 Å². The molecule has 0 unspecified atom stereocenters. The van der Waals surface area contributed by atoms with E-state index in [1.165, 1.54) is 12.1 Å². The monoisotopic (exact) mass is 424 g/mol. The smallest absolute Gasteiger partial charge is 0.233 e. The molecule has 0 spiro atoms. The van der Waals surface area contributed by atoms with Crippen LogP contribution in [0.5, 0.6) is 0 Å². The molecule has 4 rings (SSSR count). The maximum absolute atomic E-state index is 12.9. The summed E-state index contributed by atoms with van der Waals surface area (Å²) in [7, 11) is 0. The molecule has 150 valence electrons. The van der Waals surface area contributed by atoms with Gasteiger partial charge in [0.05, 0.1) is 29.6 Å². The minimum Gasteiger partial charge on any atom is -0.233 e. The fourth-order valence-electron chi connectivity index (χ4n) is 3.45. The minimum atomic E-state index is -4.45. The number of nitriles is 3. The highest BCUT2D eigenvalue weighted by molar-refractivity contribution is 6.02. The molecule has 0 fully saturated rings. The molecular formula is C23H7F3N6. The molecule has 0 radical (unpaired) electrons. The van der Waals surface area contributed by atoms with Crippen LogP contribution in [0, 0.1) is 40.6 Å². The Kier molecular flexibility index (Phi) is 4.67. The van der Waals surface area contributed by atoms with Crippen molar-refractivity contribution in [2.45, 2.75) is 6.18 Å². The van der Waals surface area contributed by atoms with Crippen molar-refractivity contribution < 1.29 is 13.2 Å². The molecule has 0 saturated heterocycles. The summed E-state index contributed by atoms with van der Waals surface area (Å²) >= 11 is 0. The zero-order valence-electron chi connectivity index (χ0n) is 15.9. The van der Waals surface area contributed by atoms with E-state index in [1.54, 1.807) is 30.3 Å². The summed E-state index contributed by atoms with van der Waals surface area (Å²) in [6, 6.07) is 14.9. The minimum absolute atomic E-state index is 0.132. The lowest BCUT2D eigenvalue weighted by molar-refractivity contribution is -0.137. The van der Waals surface area contributed by atoms with Crippen LogP contribution in [0.4, 0.5) is 13.2 Å². The van der Waals surface area contributed by atoms with E-state index >= 15 is 0 Å². The van der Waals surface area contributed by atoms with Gasteiger partial charge in [-0.2, -0.15) is 23.7 Å². The fraction of sp³-hybridized carbons (Fsp3) is 0.0435. The van der Waals surface area contributed by atoms with Gasteiger partial charge in [0.1, 0.15) is 12.1 Å². The third-order valence-electron chi connectivity index (χ3n) is 4.89. The number of hydrogen-bond acceptors (Lipinski definition) is 5. The SMILES string of the molecule is [C-]#[N+]/C(C#N)=C1\c2ccc(-c3ccc(C(F)(F)F)cc3)cc2-c2nc(C#N)c(C#N)nc21. The molecule has 1 aliphatic rings. The lowest BCUT2D eigenvalue weighted by Crippen LogP contribution is -2.03. The second kappa shape index (κ2) is 7.36. The van der Waals surface area contributed by atoms with Crippen molar-refractivity contribution in [3.05, 3.63) is 87.8 Å². The van der Waals surface area contributed by atoms with Crippen molar-refractivity contribution in [1.29, 1.82) is 15.8 Å². The number of alkyl halides is 3. The first kappa shape index (κ1) is 20.3. The molecule has 1 aliphatic carbocycles. The first-order valence-corrected chi connectivity index (χ1v) is 8.89. The van der Waals surface area contributed by atoms with Gasteiger partial charge in [-0.15, -0.1) is 0 Å². The Morgan fingerprint density at radius 2 is 1.44 bits per heavy atom. The van der Waals surface area contributed by atoms with Gasteiger partial charge in [0.15, 0.2) is 11.4 Å². The summed E-state index contributed by atoms with van der Waals surface area (Å²) in [5.41, 5.74) is 1.06. The number of hydrogen-bond donors (Lipinski definition) is 0. The largest absolute Gasteiger partial charge is 0.416 e. The molecule has 0 N–H and O–H groups in total. The highest BCUT2D eigenvalue weighted by atomic mass is 19.4. The van der Waals surface area contributed by atoms with Crippen LogP contribution in [-0.4, -0.2) is 9.97 Å². The topological polar surface area (TPSA) is 102 Å². The van der Waals surface area contributed by atoms with Crippen LogP contribution in [0.15, 0.2) is 48.2 Å². The number of nitrogens with zero attached hydrogens (tertiary/aromatic N) is 6. The Balaban J connectivity index is 1.96. The summed E-state index contributed by atoms with van der Waals surface area (Å²) in [5.74, 6) is 0. The van der Waals surface area contributed by atoms with Gasteiger partial charge in [-0.25, -0.2) is 20.1 Å². The van der Waals surface area contributed by atoms with Crippen LogP contribution in [0.2, 0.25) is 0 Å². The standard InChI is InChI=1S/C23H7F3N6/c1-30-19(11-29)20-15-7-4-13(12-2-5-14(6-3-12)23(24,25)26)8-16(15)21-22(20)32-18(10-28)17(9-27)31-21/h2-8H/b20-19+. The third kappa shape index (κ3) is 3.12. The van der Waals surface area contributed by atoms with Crippen molar-refractivity contribution in [2.75, 3.05) is 0 Å². The van der Waals surface area contributed by atoms with E-state index < -0.39 is 11.7 Å². The Bertz CT molecular complexity index is 1470. The van der Waals surface area contributed by atoms with Gasteiger partial charge >= 0.3 is 6.18 Å². The van der Waals surface area contributed by atoms with Crippen LogP contribution >= 0.6 is 0 Å². The van der Waals surface area contributed by atoms with Crippen LogP contribution < -0.4 is 0 Å². The molecule has 0 atom stereocenters. The summed E-state index contributed by atoms with van der Waals surface area (Å²) < 4.78 is 38.6. The number of fused-ring (bicyclic) bond motifs is 3. The van der Waals surface area contributed by atoms with E-state index in [4.69, 9.17) is 6.57 Å². The van der Waals surface area contributed by atoms with Gasteiger partial charge in [-0.3, -0.25) is 0 Å². The van der Waals surface area contributed by atoms with Crippen LogP contribution in [0.1, 0.15) is 28.2 Å². The number of rotatable bonds is 1. The molecule has 32 heavy (non-hydrogen) atoms. The predicted molar refractivity (Wildman–Crippen MR) is 106 cm³/mol. The van der Waals surface area contributed by atoms with E-state index in [2.05, 4.69) is 14.8 Å². The van der Waals surface area contributed by atoms with Gasteiger partial charge in [0.25, 0.3) is 5.70 Å². The maximum Gasteiger partial charge on any atom is 0.416 e. The highest BCUT2D eigenvalue weighted by Gasteiger charge is 2.32. The average Bonchev–Trinajstić information content (AvgIpc) is 3.11. The quantitative estimate of drug-likeness (QED) is 0.313. The zero-order chi connectivity index (χ0) is 23.0. The molecule has 0 amide bonds. The Labute approximate surface area is 179 Å². The zero-order valence-corrected chi connectivity index (χ0v) is 15.9. The number of aromatic nitrogens is 2. The Morgan fingerprint density at radius 1 is 0.844 bits per heavy atom. The molecule has 0 aliphatic heterocycles. The second-order valence-electron chi connectivity index (χ2n) is 6.62. The highest BCUT2D eigenvalue weighted by Crippen LogP contribution is 2.45. The number of halogens is 3. The number of allylic oxidation sites excluding steroid dienone is 1. The van der Waals surface area contributed by atoms with Crippen molar-refractivity contribution >= 4 is 5.57 Å². The van der Waals surface area contributed by atoms with Gasteiger partial charge in [0, 0.05) is 11.1 Å². The molecule has 0 saturated carbocycles. The molecule has 3 aromatic rings. The molecule has 1 aromatic heterocycles. The molecular weight excluding hydrogens is 417 g/mol. The number of benzene rings is 2. The second-order valence-corrected chi connectivity index (χ2v) is 6.62. The fourth-order valence-corrected chi connectivity index (χ4v) is 3.45. The van der Waals surface area contributed by atoms with Crippen molar-refractivity contribution in [1.82, 2.24) is 9.97 Å². The van der Waals surface area contributed by atoms with Crippen molar-refractivity contribution in [3.8, 4) is 40.6 Å². The van der Waals surface area contributed by atoms with Crippen LogP contribution in [-0.2, 0) is 6.18 Å². The lowest BCUT2D eigenvalue weighted by atomic mass is 9.97. The maximum atomic E-state index is 12.9. The van der Waals surface area contributed by atoms with E-state index in [0.29, 0.717) is 22.3 Å². The molecule has 2 aromatic carbocycles. The predicted octanol–water partition coefficient (Wildman–Crippen LogP) is 5.09. The molecule has 6 nitrogen and oxygen atoms in total. The molecule has 0 bridgehead atoms. The summed E-state index contributed by atoms with van der Waals surface area (Å²) in [5, 5.41) is 28.0. The van der Waals surface area contributed by atoms with Gasteiger partial charge in [0.2, 0.25) is 0 Å². The van der Waals surface area contributed by atoms with E-state index in [-0.39, 0.29) is 34.0 Å². The van der Waals surface area contributed by atoms with E-state index in [9.17, 15) is 29.0 Å². The Morgan fingerprint density at radius 3 is 1.97 bits per heavy atom. The average molecular weight is 424 g/mol. The lowest BCUT2D eigenvalue weighted by Gasteiger charge is -2.09. The Hall–Kier alpha value is -4.99. The first-order chi connectivity index (χ1) is 15.3. The van der Waals surface area contributed by atoms with Gasteiger partial charge < -0.3 is 0 Å². The third-order valence-corrected chi connectivity index (χ3v) is 4.89. The van der Waals surface area contributed by atoms with Crippen molar-refractivity contribution in [2.24, 2.45) is 0 Å². The van der Waals surface area contributed by atoms with E-state index in [0.717, 1.165) is 12.1 Å². The van der Waals surface area contributed by atoms with Crippen molar-refractivity contribution in [3.63, 3.8) is 0 Å². The summed E-state index contributed by atoms with van der Waals surface area (Å²) in [6.07, 6.45) is -4.45. The van der Waals surface area contributed by atoms with E-state index in [1.807, 2.05) is 6.07 Å². The summed E-state index contributed by atoms with van der Waals surface area (Å²) in [4.78, 5) is 11.6. The van der Waals surface area contributed by atoms with Crippen LogP contribution in [0.3, 0.4) is 0 Å². The molecule has 9 heteroatoms. The normalized spacial score (nSPS) is 13.1. The summed E-state index contributed by atoms with van der Waals surface area (Å²) in [6.45, 7) is 7.32.